The van der Waals surface area contributed by atoms with Gasteiger partial charge >= 0.3 is 5.97 Å². The Hall–Kier alpha value is -3.00. The number of aryl methyl sites for hydroxylation is 3. The number of benzene rings is 2. The van der Waals surface area contributed by atoms with Gasteiger partial charge in [0.25, 0.3) is 11.5 Å². The number of para-hydroxylation sites is 1. The normalized spacial score (nSPS) is 10.8. The van der Waals surface area contributed by atoms with Gasteiger partial charge in [-0.3, -0.25) is 19.0 Å². The second-order valence-corrected chi connectivity index (χ2v) is 7.74. The summed E-state index contributed by atoms with van der Waals surface area (Å²) < 4.78 is 7.20. The highest BCUT2D eigenvalue weighted by atomic mass is 79.9. The zero-order valence-electron chi connectivity index (χ0n) is 16.8. The number of aromatic nitrogens is 2. The molecular weight excluding hydrogens is 450 g/mol. The third-order valence-corrected chi connectivity index (χ3v) is 5.20. The molecule has 1 amide bonds. The largest absolute Gasteiger partial charge is 0.456 e. The highest BCUT2D eigenvalue weighted by molar-refractivity contribution is 9.10. The van der Waals surface area contributed by atoms with Gasteiger partial charge in [0.1, 0.15) is 0 Å². The van der Waals surface area contributed by atoms with E-state index in [1.165, 1.54) is 10.9 Å². The summed E-state index contributed by atoms with van der Waals surface area (Å²) in [6.07, 6.45) is 2.14. The minimum atomic E-state index is -0.563. The number of esters is 1. The maximum Gasteiger partial charge on any atom is 0.308 e. The molecule has 0 spiro atoms. The number of fused-ring (bicyclic) bond motifs is 1. The number of ether oxygens (including phenoxy) is 1. The van der Waals surface area contributed by atoms with Crippen molar-refractivity contribution in [2.24, 2.45) is 0 Å². The van der Waals surface area contributed by atoms with Gasteiger partial charge in [-0.15, -0.1) is 0 Å². The van der Waals surface area contributed by atoms with E-state index in [0.717, 1.165) is 27.7 Å². The number of rotatable bonds is 7. The number of hydrogen-bond donors (Lipinski definition) is 1. The minimum Gasteiger partial charge on any atom is -0.456 e. The Morgan fingerprint density at radius 3 is 2.80 bits per heavy atom. The lowest BCUT2D eigenvalue weighted by Gasteiger charge is -2.13. The molecule has 3 rings (SSSR count). The molecule has 0 fully saturated rings. The molecular formula is C22H22BrN3O4. The first-order valence-corrected chi connectivity index (χ1v) is 10.4. The third kappa shape index (κ3) is 5.13. The van der Waals surface area contributed by atoms with Gasteiger partial charge in [0.05, 0.1) is 23.7 Å². The SMILES string of the molecule is CCc1cccc(C)c1NC(=O)COC(=O)CCn1cnc2ccc(Br)cc2c1=O. The van der Waals surface area contributed by atoms with Crippen LogP contribution in [0.15, 0.2) is 52.0 Å². The fourth-order valence-electron chi connectivity index (χ4n) is 3.10. The number of nitrogens with zero attached hydrogens (tertiary/aromatic N) is 2. The van der Waals surface area contributed by atoms with Crippen molar-refractivity contribution in [3.05, 3.63) is 68.7 Å². The number of halogens is 1. The highest BCUT2D eigenvalue weighted by Crippen LogP contribution is 2.21. The standard InChI is InChI=1S/C22H22BrN3O4/c1-3-15-6-4-5-14(2)21(15)25-19(27)12-30-20(28)9-10-26-13-24-18-8-7-16(23)11-17(18)22(26)29/h4-8,11,13H,3,9-10,12H2,1-2H3,(H,25,27). The summed E-state index contributed by atoms with van der Waals surface area (Å²) in [6.45, 7) is 3.65. The van der Waals surface area contributed by atoms with Crippen molar-refractivity contribution in [1.82, 2.24) is 9.55 Å². The lowest BCUT2D eigenvalue weighted by atomic mass is 10.1. The Morgan fingerprint density at radius 2 is 2.03 bits per heavy atom. The van der Waals surface area contributed by atoms with Gasteiger partial charge in [0, 0.05) is 16.7 Å². The number of amides is 1. The quantitative estimate of drug-likeness (QED) is 0.531. The topological polar surface area (TPSA) is 90.3 Å². The Balaban J connectivity index is 1.55. The van der Waals surface area contributed by atoms with Gasteiger partial charge in [0.15, 0.2) is 6.61 Å². The zero-order chi connectivity index (χ0) is 21.7. The van der Waals surface area contributed by atoms with Crippen molar-refractivity contribution in [2.45, 2.75) is 33.2 Å². The highest BCUT2D eigenvalue weighted by Gasteiger charge is 2.12. The Morgan fingerprint density at radius 1 is 1.23 bits per heavy atom. The van der Waals surface area contributed by atoms with Crippen LogP contribution in [0.1, 0.15) is 24.5 Å². The number of nitrogens with one attached hydrogen (secondary N) is 1. The van der Waals surface area contributed by atoms with Crippen molar-refractivity contribution in [3.8, 4) is 0 Å². The van der Waals surface area contributed by atoms with Gasteiger partial charge < -0.3 is 10.1 Å². The first-order chi connectivity index (χ1) is 14.4. The van der Waals surface area contributed by atoms with Gasteiger partial charge in [-0.2, -0.15) is 0 Å². The van der Waals surface area contributed by atoms with Crippen LogP contribution in [0.25, 0.3) is 10.9 Å². The van der Waals surface area contributed by atoms with Crippen LogP contribution in [0.3, 0.4) is 0 Å². The van der Waals surface area contributed by atoms with Crippen LogP contribution in [0, 0.1) is 6.92 Å². The second kappa shape index (κ2) is 9.67. The Kier molecular flexibility index (Phi) is 6.99. The summed E-state index contributed by atoms with van der Waals surface area (Å²) >= 11 is 3.34. The fourth-order valence-corrected chi connectivity index (χ4v) is 3.46. The van der Waals surface area contributed by atoms with E-state index in [1.54, 1.807) is 12.1 Å². The number of anilines is 1. The zero-order valence-corrected chi connectivity index (χ0v) is 18.4. The smallest absolute Gasteiger partial charge is 0.308 e. The van der Waals surface area contributed by atoms with E-state index < -0.39 is 11.9 Å². The maximum atomic E-state index is 12.5. The molecule has 30 heavy (non-hydrogen) atoms. The molecule has 8 heteroatoms. The summed E-state index contributed by atoms with van der Waals surface area (Å²) in [5.74, 6) is -0.964. The molecule has 156 valence electrons. The summed E-state index contributed by atoms with van der Waals surface area (Å²) in [7, 11) is 0. The van der Waals surface area contributed by atoms with Crippen LogP contribution in [0.2, 0.25) is 0 Å². The average Bonchev–Trinajstić information content (AvgIpc) is 2.73. The van der Waals surface area contributed by atoms with Crippen LogP contribution >= 0.6 is 15.9 Å². The number of hydrogen-bond acceptors (Lipinski definition) is 5. The predicted octanol–water partition coefficient (Wildman–Crippen LogP) is 3.60. The van der Waals surface area contributed by atoms with E-state index in [4.69, 9.17) is 4.74 Å². The van der Waals surface area contributed by atoms with Crippen LogP contribution < -0.4 is 10.9 Å². The van der Waals surface area contributed by atoms with Crippen LogP contribution in [0.5, 0.6) is 0 Å². The fraction of sp³-hybridized carbons (Fsp3) is 0.273. The molecule has 0 aliphatic rings. The van der Waals surface area contributed by atoms with Crippen molar-refractivity contribution >= 4 is 44.4 Å². The molecule has 0 saturated heterocycles. The van der Waals surface area contributed by atoms with Gasteiger partial charge in [-0.1, -0.05) is 41.1 Å². The predicted molar refractivity (Wildman–Crippen MR) is 118 cm³/mol. The first-order valence-electron chi connectivity index (χ1n) is 9.57. The van der Waals surface area contributed by atoms with E-state index in [-0.39, 0.29) is 25.1 Å². The Labute approximate surface area is 182 Å². The molecule has 1 heterocycles. The molecule has 0 bridgehead atoms. The summed E-state index contributed by atoms with van der Waals surface area (Å²) in [5.41, 5.74) is 3.06. The summed E-state index contributed by atoms with van der Waals surface area (Å²) in [4.78, 5) is 41.0. The molecule has 0 aliphatic carbocycles. The molecule has 0 saturated carbocycles. The van der Waals surface area contributed by atoms with Crippen LogP contribution in [-0.4, -0.2) is 28.0 Å². The van der Waals surface area contributed by atoms with E-state index in [9.17, 15) is 14.4 Å². The second-order valence-electron chi connectivity index (χ2n) is 6.83. The Bertz CT molecular complexity index is 1160. The van der Waals surface area contributed by atoms with Crippen LogP contribution in [0.4, 0.5) is 5.69 Å². The van der Waals surface area contributed by atoms with Crippen molar-refractivity contribution < 1.29 is 14.3 Å². The molecule has 3 aromatic rings. The summed E-state index contributed by atoms with van der Waals surface area (Å²) in [6, 6.07) is 11.0. The molecule has 0 radical (unpaired) electrons. The van der Waals surface area contributed by atoms with Crippen molar-refractivity contribution in [3.63, 3.8) is 0 Å². The lowest BCUT2D eigenvalue weighted by Crippen LogP contribution is -2.25. The van der Waals surface area contributed by atoms with Crippen LogP contribution in [-0.2, 0) is 27.3 Å². The van der Waals surface area contributed by atoms with Crippen molar-refractivity contribution in [2.75, 3.05) is 11.9 Å². The molecule has 1 N–H and O–H groups in total. The molecule has 0 unspecified atom stereocenters. The summed E-state index contributed by atoms with van der Waals surface area (Å²) in [5, 5.41) is 3.27. The molecule has 7 nitrogen and oxygen atoms in total. The molecule has 0 aliphatic heterocycles. The molecule has 2 aromatic carbocycles. The first kappa shape index (κ1) is 21.7. The van der Waals surface area contributed by atoms with Gasteiger partial charge in [-0.25, -0.2) is 4.98 Å². The van der Waals surface area contributed by atoms with E-state index in [1.807, 2.05) is 38.1 Å². The number of carbonyl (C=O) groups is 2. The van der Waals surface area contributed by atoms with E-state index >= 15 is 0 Å². The lowest BCUT2D eigenvalue weighted by molar-refractivity contribution is -0.147. The average molecular weight is 472 g/mol. The maximum absolute atomic E-state index is 12.5. The van der Waals surface area contributed by atoms with E-state index in [0.29, 0.717) is 10.9 Å². The molecule has 0 atom stereocenters. The van der Waals surface area contributed by atoms with E-state index in [2.05, 4.69) is 26.2 Å². The minimum absolute atomic E-state index is 0.0427. The van der Waals surface area contributed by atoms with Gasteiger partial charge in [0.2, 0.25) is 0 Å². The molecule has 1 aromatic heterocycles. The van der Waals surface area contributed by atoms with Gasteiger partial charge in [-0.05, 0) is 42.7 Å². The van der Waals surface area contributed by atoms with Crippen molar-refractivity contribution in [1.29, 1.82) is 0 Å². The third-order valence-electron chi connectivity index (χ3n) is 4.71. The monoisotopic (exact) mass is 471 g/mol. The number of carbonyl (C=O) groups excluding carboxylic acids is 2.